The van der Waals surface area contributed by atoms with Crippen molar-refractivity contribution in [1.29, 1.82) is 0 Å². The smallest absolute Gasteiger partial charge is 0.326 e. The molecular weight excluding hydrogens is 860 g/mol. The molecule has 356 valence electrons. The molecule has 8 amide bonds. The molecule has 0 aromatic heterocycles. The first-order chi connectivity index (χ1) is 30.8. The SMILES string of the molecule is NC(CCC(=O)NC(CCC(=O)NC(CCC(=O)NC(CCC(=O)NCCCCCCCCNc1cccc2c1C(=O)N(C1CCC(=O)NC1=O)C2=O)C(=O)O)C(=O)O)C(=O)O)C(=O)O. The van der Waals surface area contributed by atoms with Gasteiger partial charge < -0.3 is 52.7 Å². The number of carbonyl (C=O) groups excluding carboxylic acids is 8. The number of benzene rings is 1. The van der Waals surface area contributed by atoms with Crippen LogP contribution in [0.1, 0.15) is 123 Å². The fraction of sp³-hybridized carbons (Fsp3) is 0.561. The van der Waals surface area contributed by atoms with E-state index in [1.807, 2.05) is 0 Å². The number of anilines is 1. The first-order valence-corrected chi connectivity index (χ1v) is 21.2. The number of imide groups is 2. The number of aliphatic carboxylic acids is 4. The number of fused-ring (bicyclic) bond motifs is 1. The number of rotatable bonds is 30. The topological polar surface area (TPSA) is 387 Å². The van der Waals surface area contributed by atoms with Gasteiger partial charge in [0.1, 0.15) is 30.2 Å². The number of carbonyl (C=O) groups is 12. The first-order valence-electron chi connectivity index (χ1n) is 21.2. The van der Waals surface area contributed by atoms with Gasteiger partial charge in [-0.3, -0.25) is 53.4 Å². The van der Waals surface area contributed by atoms with Crippen molar-refractivity contribution in [1.82, 2.24) is 31.5 Å². The van der Waals surface area contributed by atoms with Crippen molar-refractivity contribution in [3.63, 3.8) is 0 Å². The molecule has 0 saturated carbocycles. The van der Waals surface area contributed by atoms with Gasteiger partial charge in [0.2, 0.25) is 35.4 Å². The number of hydrogen-bond acceptors (Lipinski definition) is 14. The van der Waals surface area contributed by atoms with E-state index < -0.39 is 133 Å². The number of carboxylic acid groups (broad SMARTS) is 4. The second-order valence-electron chi connectivity index (χ2n) is 15.5. The lowest BCUT2D eigenvalue weighted by atomic mass is 10.0. The van der Waals surface area contributed by atoms with Gasteiger partial charge in [-0.15, -0.1) is 0 Å². The lowest BCUT2D eigenvalue weighted by molar-refractivity contribution is -0.144. The predicted molar refractivity (Wildman–Crippen MR) is 224 cm³/mol. The number of piperidine rings is 1. The number of hydrogen-bond donors (Lipinski definition) is 11. The van der Waals surface area contributed by atoms with Gasteiger partial charge in [0.05, 0.1) is 11.1 Å². The molecule has 0 radical (unpaired) electrons. The van der Waals surface area contributed by atoms with E-state index in [-0.39, 0.29) is 43.2 Å². The fourth-order valence-corrected chi connectivity index (χ4v) is 6.97. The average molecular weight is 917 g/mol. The van der Waals surface area contributed by atoms with Crippen LogP contribution in [0.3, 0.4) is 0 Å². The van der Waals surface area contributed by atoms with Crippen molar-refractivity contribution in [3.05, 3.63) is 29.3 Å². The van der Waals surface area contributed by atoms with Crippen LogP contribution in [-0.2, 0) is 47.9 Å². The standard InChI is InChI=1S/C41H56N8O16/c42-23(38(58)59)10-15-30(51)45-26(40(62)63)12-17-32(53)47-27(41(64)65)13-18-31(52)46-25(39(60)61)11-16-29(50)44-21-6-4-2-1-3-5-20-43-24-9-7-8-22-34(24)37(57)49(36(22)56)28-14-19-33(54)48-35(28)55/h7-9,23,25-28,43H,1-6,10-21,42H2,(H,44,50)(H,45,51)(H,46,52)(H,47,53)(H,58,59)(H,60,61)(H,62,63)(H,64,65)(H,48,54,55). The molecule has 0 spiro atoms. The van der Waals surface area contributed by atoms with E-state index in [0.717, 1.165) is 37.0 Å². The van der Waals surface area contributed by atoms with Crippen LogP contribution in [0.5, 0.6) is 0 Å². The van der Waals surface area contributed by atoms with E-state index in [4.69, 9.17) is 10.8 Å². The van der Waals surface area contributed by atoms with Crippen LogP contribution >= 0.6 is 0 Å². The van der Waals surface area contributed by atoms with Gasteiger partial charge in [0, 0.05) is 50.9 Å². The molecule has 1 aromatic rings. The molecular formula is C41H56N8O16. The van der Waals surface area contributed by atoms with Crippen molar-refractivity contribution < 1.29 is 78.0 Å². The van der Waals surface area contributed by atoms with Gasteiger partial charge in [0.25, 0.3) is 11.8 Å². The molecule has 2 heterocycles. The molecule has 5 atom stereocenters. The summed E-state index contributed by atoms with van der Waals surface area (Å²) in [5.41, 5.74) is 6.18. The normalized spacial score (nSPS) is 16.3. The second-order valence-corrected chi connectivity index (χ2v) is 15.5. The Kier molecular flexibility index (Phi) is 20.9. The van der Waals surface area contributed by atoms with Gasteiger partial charge in [0.15, 0.2) is 0 Å². The van der Waals surface area contributed by atoms with Gasteiger partial charge >= 0.3 is 23.9 Å². The molecule has 2 aliphatic rings. The van der Waals surface area contributed by atoms with Crippen LogP contribution in [-0.4, -0.2) is 140 Å². The van der Waals surface area contributed by atoms with E-state index in [0.29, 0.717) is 25.2 Å². The van der Waals surface area contributed by atoms with E-state index in [1.165, 1.54) is 6.07 Å². The molecule has 0 bridgehead atoms. The van der Waals surface area contributed by atoms with Crippen molar-refractivity contribution in [2.75, 3.05) is 18.4 Å². The quantitative estimate of drug-likeness (QED) is 0.0332. The minimum absolute atomic E-state index is 0.0253. The Hall–Kier alpha value is -6.98. The zero-order chi connectivity index (χ0) is 48.2. The summed E-state index contributed by atoms with van der Waals surface area (Å²) in [5, 5.41) is 51.9. The minimum Gasteiger partial charge on any atom is -0.480 e. The third-order valence-corrected chi connectivity index (χ3v) is 10.6. The third kappa shape index (κ3) is 16.9. The number of unbranched alkanes of at least 4 members (excludes halogenated alkanes) is 5. The van der Waals surface area contributed by atoms with E-state index in [9.17, 15) is 72.9 Å². The third-order valence-electron chi connectivity index (χ3n) is 10.6. The van der Waals surface area contributed by atoms with Crippen LogP contribution in [0.25, 0.3) is 0 Å². The molecule has 24 nitrogen and oxygen atoms in total. The molecule has 1 saturated heterocycles. The lowest BCUT2D eigenvalue weighted by Gasteiger charge is -2.27. The lowest BCUT2D eigenvalue weighted by Crippen LogP contribution is -2.54. The molecule has 12 N–H and O–H groups in total. The highest BCUT2D eigenvalue weighted by Crippen LogP contribution is 2.32. The summed E-state index contributed by atoms with van der Waals surface area (Å²) in [4.78, 5) is 146. The Morgan fingerprint density at radius 1 is 0.631 bits per heavy atom. The molecule has 3 rings (SSSR count). The average Bonchev–Trinajstić information content (AvgIpc) is 3.50. The Balaban J connectivity index is 1.28. The van der Waals surface area contributed by atoms with E-state index >= 15 is 0 Å². The zero-order valence-electron chi connectivity index (χ0n) is 35.6. The van der Waals surface area contributed by atoms with Crippen LogP contribution in [0.2, 0.25) is 0 Å². The summed E-state index contributed by atoms with van der Waals surface area (Å²) in [6.07, 6.45) is 1.76. The van der Waals surface area contributed by atoms with E-state index in [1.54, 1.807) is 12.1 Å². The van der Waals surface area contributed by atoms with Crippen molar-refractivity contribution in [3.8, 4) is 0 Å². The molecule has 1 fully saturated rings. The Labute approximate surface area is 372 Å². The number of nitrogens with zero attached hydrogens (tertiary/aromatic N) is 1. The molecule has 5 unspecified atom stereocenters. The number of carboxylic acids is 4. The maximum Gasteiger partial charge on any atom is 0.326 e. The summed E-state index contributed by atoms with van der Waals surface area (Å²) in [6, 6.07) is -2.18. The largest absolute Gasteiger partial charge is 0.480 e. The number of nitrogens with two attached hydrogens (primary N) is 1. The Morgan fingerprint density at radius 2 is 1.11 bits per heavy atom. The fourth-order valence-electron chi connectivity index (χ4n) is 6.97. The number of amides is 8. The highest BCUT2D eigenvalue weighted by atomic mass is 16.4. The maximum absolute atomic E-state index is 13.2. The first kappa shape index (κ1) is 52.4. The molecule has 0 aliphatic carbocycles. The monoisotopic (exact) mass is 916 g/mol. The highest BCUT2D eigenvalue weighted by Gasteiger charge is 2.45. The Morgan fingerprint density at radius 3 is 1.60 bits per heavy atom. The van der Waals surface area contributed by atoms with Gasteiger partial charge in [-0.05, 0) is 57.1 Å². The van der Waals surface area contributed by atoms with Crippen LogP contribution in [0.4, 0.5) is 5.69 Å². The van der Waals surface area contributed by atoms with Gasteiger partial charge in [-0.25, -0.2) is 14.4 Å². The summed E-state index contributed by atoms with van der Waals surface area (Å²) in [7, 11) is 0. The summed E-state index contributed by atoms with van der Waals surface area (Å²) in [6.45, 7) is 0.858. The van der Waals surface area contributed by atoms with Crippen LogP contribution in [0, 0.1) is 0 Å². The number of nitrogens with one attached hydrogen (secondary N) is 6. The maximum atomic E-state index is 13.2. The molecule has 24 heteroatoms. The summed E-state index contributed by atoms with van der Waals surface area (Å²) in [5.74, 6) is -11.2. The van der Waals surface area contributed by atoms with E-state index in [2.05, 4.69) is 31.9 Å². The highest BCUT2D eigenvalue weighted by molar-refractivity contribution is 6.25. The van der Waals surface area contributed by atoms with Crippen molar-refractivity contribution in [2.45, 2.75) is 133 Å². The predicted octanol–water partition coefficient (Wildman–Crippen LogP) is -0.803. The van der Waals surface area contributed by atoms with Crippen LogP contribution in [0.15, 0.2) is 18.2 Å². The van der Waals surface area contributed by atoms with Crippen molar-refractivity contribution >= 4 is 76.8 Å². The molecule has 65 heavy (non-hydrogen) atoms. The van der Waals surface area contributed by atoms with Crippen molar-refractivity contribution in [2.24, 2.45) is 5.73 Å². The molecule has 2 aliphatic heterocycles. The second kappa shape index (κ2) is 26.0. The van der Waals surface area contributed by atoms with Gasteiger partial charge in [-0.2, -0.15) is 0 Å². The minimum atomic E-state index is -1.61. The molecule has 1 aromatic carbocycles. The van der Waals surface area contributed by atoms with Gasteiger partial charge in [-0.1, -0.05) is 31.7 Å². The van der Waals surface area contributed by atoms with Crippen LogP contribution < -0.4 is 37.6 Å². The summed E-state index contributed by atoms with van der Waals surface area (Å²) < 4.78 is 0. The Bertz CT molecular complexity index is 1990. The zero-order valence-corrected chi connectivity index (χ0v) is 35.6. The summed E-state index contributed by atoms with van der Waals surface area (Å²) >= 11 is 0.